The highest BCUT2D eigenvalue weighted by Crippen LogP contribution is 2.15. The lowest BCUT2D eigenvalue weighted by Gasteiger charge is -2.12. The highest BCUT2D eigenvalue weighted by Gasteiger charge is 2.04. The van der Waals surface area contributed by atoms with Crippen LogP contribution in [0.3, 0.4) is 0 Å². The summed E-state index contributed by atoms with van der Waals surface area (Å²) in [4.78, 5) is 4.59. The molecule has 0 saturated carbocycles. The van der Waals surface area contributed by atoms with Gasteiger partial charge >= 0.3 is 0 Å². The molecule has 0 aliphatic rings. The molecule has 27 heavy (non-hydrogen) atoms. The first-order valence-electron chi connectivity index (χ1n) is 9.17. The molecule has 7 heteroatoms. The van der Waals surface area contributed by atoms with Gasteiger partial charge in [0, 0.05) is 12.7 Å². The second kappa shape index (κ2) is 9.02. The number of hydrogen-bond acceptors (Lipinski definition) is 4. The fourth-order valence-electron chi connectivity index (χ4n) is 2.84. The van der Waals surface area contributed by atoms with E-state index in [1.165, 1.54) is 11.1 Å². The molecule has 1 aromatic carbocycles. The van der Waals surface area contributed by atoms with Crippen molar-refractivity contribution in [2.75, 3.05) is 19.7 Å². The molecule has 3 aromatic rings. The van der Waals surface area contributed by atoms with Crippen LogP contribution in [0.5, 0.6) is 5.75 Å². The molecule has 0 bridgehead atoms. The fourth-order valence-corrected chi connectivity index (χ4v) is 2.84. The second-order valence-electron chi connectivity index (χ2n) is 6.34. The number of benzene rings is 1. The number of aryl methyl sites for hydroxylation is 2. The Morgan fingerprint density at radius 1 is 1.11 bits per heavy atom. The van der Waals surface area contributed by atoms with Crippen molar-refractivity contribution in [2.24, 2.45) is 4.99 Å². The van der Waals surface area contributed by atoms with Crippen LogP contribution in [0.15, 0.2) is 47.6 Å². The van der Waals surface area contributed by atoms with Crippen molar-refractivity contribution >= 4 is 11.6 Å². The highest BCUT2D eigenvalue weighted by molar-refractivity contribution is 5.79. The molecule has 2 aromatic heterocycles. The molecule has 2 N–H and O–H groups in total. The molecule has 0 atom stereocenters. The van der Waals surface area contributed by atoms with Gasteiger partial charge in [0.05, 0.1) is 6.54 Å². The van der Waals surface area contributed by atoms with Crippen LogP contribution >= 0.6 is 0 Å². The average Bonchev–Trinajstić information content (AvgIpc) is 3.05. The molecule has 7 nitrogen and oxygen atoms in total. The van der Waals surface area contributed by atoms with Crippen molar-refractivity contribution in [3.05, 3.63) is 59.5 Å². The van der Waals surface area contributed by atoms with Crippen molar-refractivity contribution in [2.45, 2.75) is 27.3 Å². The van der Waals surface area contributed by atoms with Crippen molar-refractivity contribution in [1.29, 1.82) is 0 Å². The van der Waals surface area contributed by atoms with E-state index >= 15 is 0 Å². The Morgan fingerprint density at radius 3 is 2.70 bits per heavy atom. The lowest BCUT2D eigenvalue weighted by molar-refractivity contribution is 0.321. The minimum absolute atomic E-state index is 0.443. The number of aliphatic imine (C=N–C) groups is 1. The molecule has 0 radical (unpaired) electrons. The van der Waals surface area contributed by atoms with E-state index in [0.717, 1.165) is 29.7 Å². The quantitative estimate of drug-likeness (QED) is 0.382. The zero-order valence-electron chi connectivity index (χ0n) is 16.1. The molecule has 0 aliphatic heterocycles. The van der Waals surface area contributed by atoms with E-state index in [4.69, 9.17) is 4.74 Å². The maximum Gasteiger partial charge on any atom is 0.191 e. The van der Waals surface area contributed by atoms with Gasteiger partial charge in [-0.25, -0.2) is 4.99 Å². The first kappa shape index (κ1) is 18.7. The van der Waals surface area contributed by atoms with Crippen LogP contribution in [0.4, 0.5) is 0 Å². The summed E-state index contributed by atoms with van der Waals surface area (Å²) in [5, 5.41) is 14.9. The fraction of sp³-hybridized carbons (Fsp3) is 0.350. The van der Waals surface area contributed by atoms with Crippen LogP contribution in [0.1, 0.15) is 23.9 Å². The summed E-state index contributed by atoms with van der Waals surface area (Å²) in [6, 6.07) is 12.0. The first-order valence-corrected chi connectivity index (χ1v) is 9.17. The summed E-state index contributed by atoms with van der Waals surface area (Å²) in [6.07, 6.45) is 1.94. The third-order valence-electron chi connectivity index (χ3n) is 3.97. The van der Waals surface area contributed by atoms with E-state index in [0.29, 0.717) is 19.7 Å². The number of nitrogens with zero attached hydrogens (tertiary/aromatic N) is 4. The van der Waals surface area contributed by atoms with Crippen LogP contribution in [0.2, 0.25) is 0 Å². The highest BCUT2D eigenvalue weighted by atomic mass is 16.5. The van der Waals surface area contributed by atoms with Crippen molar-refractivity contribution in [1.82, 2.24) is 25.2 Å². The number of fused-ring (bicyclic) bond motifs is 1. The normalized spacial score (nSPS) is 11.6. The minimum Gasteiger partial charge on any atom is -0.492 e. The van der Waals surface area contributed by atoms with E-state index in [9.17, 15) is 0 Å². The Bertz CT molecular complexity index is 897. The number of hydrogen-bond donors (Lipinski definition) is 2. The van der Waals surface area contributed by atoms with Gasteiger partial charge in [-0.2, -0.15) is 0 Å². The van der Waals surface area contributed by atoms with Gasteiger partial charge in [-0.05, 0) is 56.2 Å². The molecule has 0 saturated heterocycles. The number of ether oxygens (including phenoxy) is 1. The average molecular weight is 366 g/mol. The molecule has 0 spiro atoms. The summed E-state index contributed by atoms with van der Waals surface area (Å²) in [5.74, 6) is 2.43. The zero-order valence-corrected chi connectivity index (χ0v) is 16.1. The Kier molecular flexibility index (Phi) is 6.25. The smallest absolute Gasteiger partial charge is 0.191 e. The van der Waals surface area contributed by atoms with Gasteiger partial charge in [-0.1, -0.05) is 12.1 Å². The van der Waals surface area contributed by atoms with E-state index in [1.54, 1.807) is 0 Å². The largest absolute Gasteiger partial charge is 0.492 e. The van der Waals surface area contributed by atoms with Crippen LogP contribution < -0.4 is 15.4 Å². The molecule has 0 unspecified atom stereocenters. The topological polar surface area (TPSA) is 75.8 Å². The first-order chi connectivity index (χ1) is 13.2. The third-order valence-corrected chi connectivity index (χ3v) is 3.97. The van der Waals surface area contributed by atoms with E-state index in [2.05, 4.69) is 45.7 Å². The van der Waals surface area contributed by atoms with E-state index in [-0.39, 0.29) is 0 Å². The molecule has 0 aliphatic carbocycles. The van der Waals surface area contributed by atoms with Gasteiger partial charge in [0.2, 0.25) is 0 Å². The standard InChI is InChI=1S/C20H26N6O/c1-4-21-20(22-8-10-27-17-12-15(2)11-16(3)13-17)23-14-19-25-24-18-7-5-6-9-26(18)19/h5-7,9,11-13H,4,8,10,14H2,1-3H3,(H2,21,22,23). The summed E-state index contributed by atoms with van der Waals surface area (Å²) in [7, 11) is 0. The van der Waals surface area contributed by atoms with Crippen molar-refractivity contribution < 1.29 is 4.74 Å². The number of rotatable bonds is 7. The van der Waals surface area contributed by atoms with Crippen LogP contribution in [-0.2, 0) is 6.54 Å². The van der Waals surface area contributed by atoms with Gasteiger partial charge in [-0.15, -0.1) is 10.2 Å². The SMILES string of the molecule is CCNC(=NCc1nnc2ccccn12)NCCOc1cc(C)cc(C)c1. The van der Waals surface area contributed by atoms with Gasteiger partial charge < -0.3 is 15.4 Å². The Balaban J connectivity index is 1.54. The predicted octanol–water partition coefficient (Wildman–Crippen LogP) is 2.48. The summed E-state index contributed by atoms with van der Waals surface area (Å²) < 4.78 is 7.77. The van der Waals surface area contributed by atoms with Crippen LogP contribution in [-0.4, -0.2) is 40.3 Å². The summed E-state index contributed by atoms with van der Waals surface area (Å²) in [6.45, 7) is 8.61. The maximum atomic E-state index is 5.83. The Labute approximate surface area is 159 Å². The summed E-state index contributed by atoms with van der Waals surface area (Å²) >= 11 is 0. The third kappa shape index (κ3) is 5.20. The molecule has 0 fully saturated rings. The number of guanidine groups is 1. The van der Waals surface area contributed by atoms with E-state index in [1.807, 2.05) is 47.9 Å². The Morgan fingerprint density at radius 2 is 1.93 bits per heavy atom. The van der Waals surface area contributed by atoms with Gasteiger partial charge in [0.1, 0.15) is 18.9 Å². The van der Waals surface area contributed by atoms with Gasteiger partial charge in [-0.3, -0.25) is 4.40 Å². The molecule has 0 amide bonds. The summed E-state index contributed by atoms with van der Waals surface area (Å²) in [5.41, 5.74) is 3.23. The lowest BCUT2D eigenvalue weighted by atomic mass is 10.1. The molecule has 2 heterocycles. The monoisotopic (exact) mass is 366 g/mol. The maximum absolute atomic E-state index is 5.83. The minimum atomic E-state index is 0.443. The van der Waals surface area contributed by atoms with Gasteiger partial charge in [0.25, 0.3) is 0 Å². The van der Waals surface area contributed by atoms with Crippen LogP contribution in [0, 0.1) is 13.8 Å². The van der Waals surface area contributed by atoms with Crippen molar-refractivity contribution in [3.63, 3.8) is 0 Å². The second-order valence-corrected chi connectivity index (χ2v) is 6.34. The number of nitrogens with one attached hydrogen (secondary N) is 2. The van der Waals surface area contributed by atoms with E-state index < -0.39 is 0 Å². The molecular formula is C20H26N6O. The Hall–Kier alpha value is -3.09. The van der Waals surface area contributed by atoms with Crippen molar-refractivity contribution in [3.8, 4) is 5.75 Å². The van der Waals surface area contributed by atoms with Crippen LogP contribution in [0.25, 0.3) is 5.65 Å². The number of aromatic nitrogens is 3. The van der Waals surface area contributed by atoms with Gasteiger partial charge in [0.15, 0.2) is 17.4 Å². The molecule has 3 rings (SSSR count). The predicted molar refractivity (Wildman–Crippen MR) is 107 cm³/mol. The molecule has 142 valence electrons. The zero-order chi connectivity index (χ0) is 19.1. The molecular weight excluding hydrogens is 340 g/mol. The number of pyridine rings is 1. The lowest BCUT2D eigenvalue weighted by Crippen LogP contribution is -2.39.